The highest BCUT2D eigenvalue weighted by molar-refractivity contribution is 5.55. The van der Waals surface area contributed by atoms with Crippen molar-refractivity contribution >= 4 is 5.52 Å². The number of aliphatic hydroxyl groups excluding tert-OH is 1. The first-order valence-electron chi connectivity index (χ1n) is 5.51. The summed E-state index contributed by atoms with van der Waals surface area (Å²) >= 11 is 0. The van der Waals surface area contributed by atoms with Gasteiger partial charge in [-0.1, -0.05) is 0 Å². The summed E-state index contributed by atoms with van der Waals surface area (Å²) in [5.41, 5.74) is 6.59. The van der Waals surface area contributed by atoms with Crippen LogP contribution in [0.5, 0.6) is 0 Å². The number of aromatic nitrogens is 2. The molecule has 2 rings (SSSR count). The largest absolute Gasteiger partial charge is 0.386 e. The molecular weight excluding hydrogens is 218 g/mol. The van der Waals surface area contributed by atoms with Gasteiger partial charge in [0.2, 0.25) is 0 Å². The Labute approximate surface area is 99.5 Å². The third kappa shape index (κ3) is 2.17. The van der Waals surface area contributed by atoms with Crippen molar-refractivity contribution in [2.45, 2.75) is 25.6 Å². The average Bonchev–Trinajstić information content (AvgIpc) is 2.69. The second-order valence-corrected chi connectivity index (χ2v) is 4.65. The molecule has 0 aliphatic heterocycles. The summed E-state index contributed by atoms with van der Waals surface area (Å²) in [6.07, 6.45) is 2.65. The zero-order valence-corrected chi connectivity index (χ0v) is 9.96. The van der Waals surface area contributed by atoms with Gasteiger partial charge in [-0.05, 0) is 31.5 Å². The molecule has 17 heavy (non-hydrogen) atoms. The van der Waals surface area contributed by atoms with Gasteiger partial charge >= 0.3 is 0 Å². The molecule has 0 spiro atoms. The molecule has 1 atom stereocenters. The lowest BCUT2D eigenvalue weighted by atomic mass is 9.99. The van der Waals surface area contributed by atoms with E-state index in [-0.39, 0.29) is 6.54 Å². The smallest absolute Gasteiger partial charge is 0.110 e. The molecule has 0 aliphatic carbocycles. The van der Waals surface area contributed by atoms with Crippen LogP contribution in [0.4, 0.5) is 0 Å². The molecule has 0 radical (unpaired) electrons. The molecule has 0 aliphatic rings. The van der Waals surface area contributed by atoms with Crippen LogP contribution in [-0.2, 0) is 5.60 Å². The second-order valence-electron chi connectivity index (χ2n) is 4.65. The van der Waals surface area contributed by atoms with Crippen LogP contribution in [0.1, 0.15) is 31.2 Å². The van der Waals surface area contributed by atoms with Gasteiger partial charge in [-0.15, -0.1) is 0 Å². The van der Waals surface area contributed by atoms with Gasteiger partial charge in [-0.2, -0.15) is 0 Å². The van der Waals surface area contributed by atoms with E-state index in [2.05, 4.69) is 4.98 Å². The van der Waals surface area contributed by atoms with E-state index in [4.69, 9.17) is 5.73 Å². The summed E-state index contributed by atoms with van der Waals surface area (Å²) in [7, 11) is 0. The highest BCUT2D eigenvalue weighted by Gasteiger charge is 2.19. The summed E-state index contributed by atoms with van der Waals surface area (Å²) in [6.45, 7) is 3.56. The highest BCUT2D eigenvalue weighted by Crippen LogP contribution is 2.24. The van der Waals surface area contributed by atoms with Crippen LogP contribution < -0.4 is 5.73 Å². The van der Waals surface area contributed by atoms with Gasteiger partial charge in [0, 0.05) is 12.7 Å². The van der Waals surface area contributed by atoms with Crippen LogP contribution in [0.2, 0.25) is 0 Å². The topological polar surface area (TPSA) is 83.8 Å². The van der Waals surface area contributed by atoms with Crippen molar-refractivity contribution in [2.75, 3.05) is 6.54 Å². The first kappa shape index (κ1) is 12.0. The van der Waals surface area contributed by atoms with Gasteiger partial charge in [0.05, 0.1) is 23.1 Å². The zero-order valence-electron chi connectivity index (χ0n) is 9.96. The Hall–Kier alpha value is -1.43. The van der Waals surface area contributed by atoms with Gasteiger partial charge in [0.25, 0.3) is 0 Å². The summed E-state index contributed by atoms with van der Waals surface area (Å²) < 4.78 is 1.80. The van der Waals surface area contributed by atoms with Gasteiger partial charge in [-0.25, -0.2) is 4.98 Å². The summed E-state index contributed by atoms with van der Waals surface area (Å²) in [5.74, 6) is 0. The minimum Gasteiger partial charge on any atom is -0.386 e. The summed E-state index contributed by atoms with van der Waals surface area (Å²) in [4.78, 5) is 4.14. The molecule has 0 aromatic carbocycles. The summed E-state index contributed by atoms with van der Waals surface area (Å²) in [5, 5.41) is 19.7. The fourth-order valence-electron chi connectivity index (χ4n) is 1.76. The van der Waals surface area contributed by atoms with Gasteiger partial charge in [0.1, 0.15) is 6.10 Å². The molecule has 1 unspecified atom stereocenters. The molecule has 2 aromatic heterocycles. The Morgan fingerprint density at radius 1 is 1.53 bits per heavy atom. The van der Waals surface area contributed by atoms with Crippen LogP contribution >= 0.6 is 0 Å². The fourth-order valence-corrected chi connectivity index (χ4v) is 1.76. The Balaban J connectivity index is 2.58. The average molecular weight is 235 g/mol. The molecular formula is C12H17N3O2. The van der Waals surface area contributed by atoms with Crippen LogP contribution in [0.15, 0.2) is 24.7 Å². The molecule has 5 nitrogen and oxygen atoms in total. The minimum atomic E-state index is -0.920. The van der Waals surface area contributed by atoms with E-state index < -0.39 is 11.7 Å². The molecule has 4 N–H and O–H groups in total. The first-order valence-corrected chi connectivity index (χ1v) is 5.51. The molecule has 0 amide bonds. The molecule has 92 valence electrons. The molecule has 0 saturated carbocycles. The molecule has 2 aromatic rings. The minimum absolute atomic E-state index is 0.124. The standard InChI is InChI=1S/C12H17N3O2/c1-12(2,17)8-3-4-15-7-14-11(9(15)5-8)10(16)6-13/h3-5,7,10,16-17H,6,13H2,1-2H3. The number of rotatable bonds is 3. The molecule has 5 heteroatoms. The highest BCUT2D eigenvalue weighted by atomic mass is 16.3. The van der Waals surface area contributed by atoms with Crippen molar-refractivity contribution in [3.8, 4) is 0 Å². The van der Waals surface area contributed by atoms with Crippen molar-refractivity contribution in [3.05, 3.63) is 35.9 Å². The van der Waals surface area contributed by atoms with Crippen molar-refractivity contribution < 1.29 is 10.2 Å². The third-order valence-electron chi connectivity index (χ3n) is 2.81. The summed E-state index contributed by atoms with van der Waals surface area (Å²) in [6, 6.07) is 3.65. The number of pyridine rings is 1. The molecule has 0 saturated heterocycles. The lowest BCUT2D eigenvalue weighted by Crippen LogP contribution is -2.16. The second kappa shape index (κ2) is 4.10. The maximum absolute atomic E-state index is 9.96. The van der Waals surface area contributed by atoms with E-state index in [0.29, 0.717) is 5.69 Å². The fraction of sp³-hybridized carbons (Fsp3) is 0.417. The van der Waals surface area contributed by atoms with Gasteiger partial charge in [-0.3, -0.25) is 0 Å². The van der Waals surface area contributed by atoms with Gasteiger partial charge in [0.15, 0.2) is 0 Å². The first-order chi connectivity index (χ1) is 7.93. The van der Waals surface area contributed by atoms with E-state index >= 15 is 0 Å². The van der Waals surface area contributed by atoms with Crippen LogP contribution in [0, 0.1) is 0 Å². The van der Waals surface area contributed by atoms with E-state index in [9.17, 15) is 10.2 Å². The van der Waals surface area contributed by atoms with Crippen molar-refractivity contribution in [1.29, 1.82) is 0 Å². The number of nitrogens with two attached hydrogens (primary N) is 1. The van der Waals surface area contributed by atoms with E-state index in [1.165, 1.54) is 0 Å². The Morgan fingerprint density at radius 3 is 2.82 bits per heavy atom. The van der Waals surface area contributed by atoms with Crippen molar-refractivity contribution in [2.24, 2.45) is 5.73 Å². The number of hydrogen-bond acceptors (Lipinski definition) is 4. The van der Waals surface area contributed by atoms with Crippen LogP contribution in [0.25, 0.3) is 5.52 Å². The Bertz CT molecular complexity index is 528. The lowest BCUT2D eigenvalue weighted by molar-refractivity contribution is 0.0786. The van der Waals surface area contributed by atoms with E-state index in [0.717, 1.165) is 11.1 Å². The van der Waals surface area contributed by atoms with Crippen LogP contribution in [-0.4, -0.2) is 26.1 Å². The quantitative estimate of drug-likeness (QED) is 0.725. The SMILES string of the molecule is CC(C)(O)c1ccn2cnc(C(O)CN)c2c1. The normalized spacial score (nSPS) is 14.2. The molecule has 2 heterocycles. The van der Waals surface area contributed by atoms with E-state index in [1.807, 2.05) is 18.3 Å². The number of fused-ring (bicyclic) bond motifs is 1. The lowest BCUT2D eigenvalue weighted by Gasteiger charge is -2.18. The zero-order chi connectivity index (χ0) is 12.6. The van der Waals surface area contributed by atoms with Crippen LogP contribution in [0.3, 0.4) is 0 Å². The maximum Gasteiger partial charge on any atom is 0.110 e. The predicted octanol–water partition coefficient (Wildman–Crippen LogP) is 0.554. The predicted molar refractivity (Wildman–Crippen MR) is 64.5 cm³/mol. The van der Waals surface area contributed by atoms with E-state index in [1.54, 1.807) is 24.6 Å². The maximum atomic E-state index is 9.96. The Morgan fingerprint density at radius 2 is 2.24 bits per heavy atom. The number of imidazole rings is 1. The molecule has 0 bridgehead atoms. The number of nitrogens with zero attached hydrogens (tertiary/aromatic N) is 2. The number of aliphatic hydroxyl groups is 2. The van der Waals surface area contributed by atoms with Gasteiger partial charge < -0.3 is 20.3 Å². The van der Waals surface area contributed by atoms with Crippen molar-refractivity contribution in [3.63, 3.8) is 0 Å². The monoisotopic (exact) mass is 235 g/mol. The van der Waals surface area contributed by atoms with Crippen molar-refractivity contribution in [1.82, 2.24) is 9.38 Å². The molecule has 0 fully saturated rings. The third-order valence-corrected chi connectivity index (χ3v) is 2.81. The number of hydrogen-bond donors (Lipinski definition) is 3. The Kier molecular flexibility index (Phi) is 2.91.